The summed E-state index contributed by atoms with van der Waals surface area (Å²) in [4.78, 5) is 9.06. The molecule has 0 radical (unpaired) electrons. The van der Waals surface area contributed by atoms with Gasteiger partial charge in [-0.3, -0.25) is 4.98 Å². The monoisotopic (exact) mass is 475 g/mol. The molecule has 5 rings (SSSR count). The first-order valence-electron chi connectivity index (χ1n) is 12.1. The van der Waals surface area contributed by atoms with E-state index < -0.39 is 0 Å². The van der Waals surface area contributed by atoms with Crippen LogP contribution in [0.25, 0.3) is 16.9 Å². The third-order valence-corrected chi connectivity index (χ3v) is 6.53. The number of aliphatic hydroxyl groups excluding tert-OH is 1. The molecule has 1 aliphatic rings. The summed E-state index contributed by atoms with van der Waals surface area (Å²) in [6, 6.07) is 12.6. The summed E-state index contributed by atoms with van der Waals surface area (Å²) in [5.41, 5.74) is 3.82. The van der Waals surface area contributed by atoms with Gasteiger partial charge in [-0.1, -0.05) is 25.1 Å². The van der Waals surface area contributed by atoms with E-state index in [0.717, 1.165) is 47.7 Å². The number of nitrogens with zero attached hydrogens (tertiary/aromatic N) is 4. The number of benzene rings is 1. The maximum Gasteiger partial charge on any atom is 0.162 e. The van der Waals surface area contributed by atoms with Crippen molar-refractivity contribution < 1.29 is 9.50 Å². The smallest absolute Gasteiger partial charge is 0.162 e. The second-order valence-electron chi connectivity index (χ2n) is 8.86. The Morgan fingerprint density at radius 1 is 1.17 bits per heavy atom. The number of aromatic nitrogens is 4. The Morgan fingerprint density at radius 3 is 2.86 bits per heavy atom. The molecule has 182 valence electrons. The number of nitrogens with one attached hydrogen (secondary N) is 3. The summed E-state index contributed by atoms with van der Waals surface area (Å²) < 4.78 is 16.7. The summed E-state index contributed by atoms with van der Waals surface area (Å²) in [7, 11) is 0. The van der Waals surface area contributed by atoms with Gasteiger partial charge in [0.15, 0.2) is 5.65 Å². The normalized spacial score (nSPS) is 18.0. The largest absolute Gasteiger partial charge is 0.391 e. The van der Waals surface area contributed by atoms with Gasteiger partial charge in [0.1, 0.15) is 17.5 Å². The van der Waals surface area contributed by atoms with Gasteiger partial charge in [0.05, 0.1) is 18.0 Å². The second-order valence-corrected chi connectivity index (χ2v) is 8.86. The van der Waals surface area contributed by atoms with Crippen LogP contribution in [0.4, 0.5) is 16.0 Å². The van der Waals surface area contributed by atoms with Crippen molar-refractivity contribution >= 4 is 17.3 Å². The van der Waals surface area contributed by atoms with Crippen LogP contribution in [0.2, 0.25) is 0 Å². The number of anilines is 2. The first-order chi connectivity index (χ1) is 17.1. The SMILES string of the molecule is CCc1cnn2c(NCc3ccc(-c4ccccn4)cc3F)cc(NC[C@H]3CCNC[C@@H]3O)nc12. The van der Waals surface area contributed by atoms with Gasteiger partial charge in [-0.25, -0.2) is 9.37 Å². The van der Waals surface area contributed by atoms with Crippen LogP contribution < -0.4 is 16.0 Å². The van der Waals surface area contributed by atoms with Gasteiger partial charge in [0.2, 0.25) is 0 Å². The number of piperidine rings is 1. The number of aryl methyl sites for hydroxylation is 1. The zero-order valence-corrected chi connectivity index (χ0v) is 19.7. The molecule has 1 aromatic carbocycles. The van der Waals surface area contributed by atoms with Crippen LogP contribution in [0.15, 0.2) is 54.9 Å². The molecular formula is C26H30FN7O. The van der Waals surface area contributed by atoms with Crippen LogP contribution in [-0.4, -0.2) is 50.4 Å². The molecule has 1 saturated heterocycles. The van der Waals surface area contributed by atoms with Crippen LogP contribution >= 0.6 is 0 Å². The number of hydrogen-bond acceptors (Lipinski definition) is 7. The highest BCUT2D eigenvalue weighted by Crippen LogP contribution is 2.23. The first-order valence-corrected chi connectivity index (χ1v) is 12.1. The average molecular weight is 476 g/mol. The van der Waals surface area contributed by atoms with Crippen LogP contribution in [-0.2, 0) is 13.0 Å². The number of β-amino-alcohol motifs (C(OH)–C–C–N with tert-alkyl or cyclic N) is 1. The van der Waals surface area contributed by atoms with Crippen LogP contribution in [0.5, 0.6) is 0 Å². The van der Waals surface area contributed by atoms with Crippen molar-refractivity contribution in [3.05, 3.63) is 71.8 Å². The predicted octanol–water partition coefficient (Wildman–Crippen LogP) is 3.49. The highest BCUT2D eigenvalue weighted by Gasteiger charge is 2.23. The van der Waals surface area contributed by atoms with Crippen molar-refractivity contribution in [1.29, 1.82) is 0 Å². The fraction of sp³-hybridized carbons (Fsp3) is 0.346. The number of halogens is 1. The lowest BCUT2D eigenvalue weighted by molar-refractivity contribution is 0.0883. The summed E-state index contributed by atoms with van der Waals surface area (Å²) in [5, 5.41) is 24.7. The summed E-state index contributed by atoms with van der Waals surface area (Å²) >= 11 is 0. The fourth-order valence-corrected chi connectivity index (χ4v) is 4.41. The minimum atomic E-state index is -0.379. The molecule has 0 saturated carbocycles. The number of fused-ring (bicyclic) bond motifs is 1. The van der Waals surface area contributed by atoms with Crippen molar-refractivity contribution in [3.8, 4) is 11.3 Å². The molecule has 0 bridgehead atoms. The Bertz CT molecular complexity index is 1290. The van der Waals surface area contributed by atoms with Gasteiger partial charge in [-0.05, 0) is 37.6 Å². The zero-order valence-electron chi connectivity index (χ0n) is 19.7. The van der Waals surface area contributed by atoms with Crippen LogP contribution in [0.3, 0.4) is 0 Å². The molecule has 4 aromatic rings. The summed E-state index contributed by atoms with van der Waals surface area (Å²) in [5.74, 6) is 1.29. The van der Waals surface area contributed by atoms with E-state index in [4.69, 9.17) is 4.98 Å². The summed E-state index contributed by atoms with van der Waals surface area (Å²) in [6.45, 7) is 4.50. The summed E-state index contributed by atoms with van der Waals surface area (Å²) in [6.07, 6.45) is 4.84. The Morgan fingerprint density at radius 2 is 2.09 bits per heavy atom. The van der Waals surface area contributed by atoms with Gasteiger partial charge >= 0.3 is 0 Å². The van der Waals surface area contributed by atoms with E-state index in [1.807, 2.05) is 36.5 Å². The maximum atomic E-state index is 14.9. The van der Waals surface area contributed by atoms with Crippen molar-refractivity contribution in [2.45, 2.75) is 32.4 Å². The van der Waals surface area contributed by atoms with Crippen molar-refractivity contribution in [3.63, 3.8) is 0 Å². The van der Waals surface area contributed by atoms with Gasteiger partial charge in [0, 0.05) is 54.5 Å². The molecule has 4 heterocycles. The topological polar surface area (TPSA) is 99.4 Å². The Balaban J connectivity index is 1.36. The fourth-order valence-electron chi connectivity index (χ4n) is 4.41. The quantitative estimate of drug-likeness (QED) is 0.310. The lowest BCUT2D eigenvalue weighted by atomic mass is 9.95. The van der Waals surface area contributed by atoms with E-state index in [1.165, 1.54) is 6.07 Å². The highest BCUT2D eigenvalue weighted by molar-refractivity contribution is 5.61. The van der Waals surface area contributed by atoms with Gasteiger partial charge in [0.25, 0.3) is 0 Å². The molecule has 0 unspecified atom stereocenters. The molecule has 1 fully saturated rings. The van der Waals surface area contributed by atoms with E-state index in [2.05, 4.69) is 33.0 Å². The number of pyridine rings is 1. The molecule has 0 spiro atoms. The molecule has 0 amide bonds. The third-order valence-electron chi connectivity index (χ3n) is 6.53. The Kier molecular flexibility index (Phi) is 6.87. The molecule has 0 aliphatic carbocycles. The van der Waals surface area contributed by atoms with Crippen LogP contribution in [0.1, 0.15) is 24.5 Å². The minimum Gasteiger partial charge on any atom is -0.391 e. The average Bonchev–Trinajstić information content (AvgIpc) is 3.31. The molecule has 2 atom stereocenters. The van der Waals surface area contributed by atoms with Crippen molar-refractivity contribution in [2.24, 2.45) is 5.92 Å². The Hall–Kier alpha value is -3.56. The lowest BCUT2D eigenvalue weighted by Gasteiger charge is -2.28. The Labute approximate surface area is 203 Å². The van der Waals surface area contributed by atoms with E-state index in [1.54, 1.807) is 16.8 Å². The number of rotatable bonds is 8. The molecule has 8 nitrogen and oxygen atoms in total. The van der Waals surface area contributed by atoms with Gasteiger partial charge < -0.3 is 21.1 Å². The molecular weight excluding hydrogens is 445 g/mol. The minimum absolute atomic E-state index is 0.160. The second kappa shape index (κ2) is 10.4. The number of hydrogen-bond donors (Lipinski definition) is 4. The number of aliphatic hydroxyl groups is 1. The molecule has 4 N–H and O–H groups in total. The first kappa shape index (κ1) is 23.2. The van der Waals surface area contributed by atoms with E-state index in [0.29, 0.717) is 31.0 Å². The molecule has 1 aliphatic heterocycles. The standard InChI is InChI=1S/C26H30FN7O/c1-2-17-15-32-34-25(12-24(33-26(17)34)30-14-20-8-10-28-16-23(20)35)31-13-19-7-6-18(11-21(19)27)22-5-3-4-9-29-22/h3-7,9,11-12,15,20,23,28,31,35H,2,8,10,13-14,16H2,1H3,(H,30,33)/t20-,23+/m1/s1. The van der Waals surface area contributed by atoms with Gasteiger partial charge in [-0.15, -0.1) is 0 Å². The zero-order chi connectivity index (χ0) is 24.2. The van der Waals surface area contributed by atoms with E-state index in [9.17, 15) is 9.50 Å². The lowest BCUT2D eigenvalue weighted by Crippen LogP contribution is -2.43. The van der Waals surface area contributed by atoms with Crippen LogP contribution in [0, 0.1) is 11.7 Å². The maximum absolute atomic E-state index is 14.9. The highest BCUT2D eigenvalue weighted by atomic mass is 19.1. The third kappa shape index (κ3) is 5.11. The van der Waals surface area contributed by atoms with E-state index in [-0.39, 0.29) is 17.8 Å². The van der Waals surface area contributed by atoms with E-state index >= 15 is 0 Å². The molecule has 3 aromatic heterocycles. The van der Waals surface area contributed by atoms with Crippen molar-refractivity contribution in [1.82, 2.24) is 24.9 Å². The van der Waals surface area contributed by atoms with Crippen molar-refractivity contribution in [2.75, 3.05) is 30.3 Å². The van der Waals surface area contributed by atoms with Gasteiger partial charge in [-0.2, -0.15) is 9.61 Å². The molecule has 9 heteroatoms. The predicted molar refractivity (Wildman–Crippen MR) is 135 cm³/mol. The molecule has 35 heavy (non-hydrogen) atoms.